The molecule has 1 fully saturated rings. The molecule has 0 saturated heterocycles. The largest absolute Gasteiger partial charge is 0.490 e. The van der Waals surface area contributed by atoms with Crippen LogP contribution in [0.4, 0.5) is 4.79 Å². The van der Waals surface area contributed by atoms with Crippen molar-refractivity contribution in [2.24, 2.45) is 5.92 Å². The van der Waals surface area contributed by atoms with Crippen molar-refractivity contribution in [2.75, 3.05) is 19.8 Å². The number of hydrogen-bond acceptors (Lipinski definition) is 4. The van der Waals surface area contributed by atoms with Gasteiger partial charge in [0, 0.05) is 6.54 Å². The molecule has 0 aliphatic heterocycles. The van der Waals surface area contributed by atoms with E-state index < -0.39 is 6.09 Å². The molecule has 128 valence electrons. The van der Waals surface area contributed by atoms with E-state index in [0.29, 0.717) is 19.1 Å². The average molecular weight is 321 g/mol. The Morgan fingerprint density at radius 3 is 2.65 bits per heavy atom. The van der Waals surface area contributed by atoms with Crippen LogP contribution < -0.4 is 10.1 Å². The minimum absolute atomic E-state index is 0.161. The third-order valence-corrected chi connectivity index (χ3v) is 4.20. The first-order chi connectivity index (χ1) is 11.2. The van der Waals surface area contributed by atoms with Crippen molar-refractivity contribution in [3.8, 4) is 5.75 Å². The number of carbonyl (C=O) groups is 1. The van der Waals surface area contributed by atoms with Crippen molar-refractivity contribution >= 4 is 6.09 Å². The molecule has 1 aromatic carbocycles. The Hall–Kier alpha value is -1.75. The van der Waals surface area contributed by atoms with Crippen LogP contribution in [0.5, 0.6) is 5.75 Å². The van der Waals surface area contributed by atoms with Gasteiger partial charge in [-0.15, -0.1) is 0 Å². The van der Waals surface area contributed by atoms with Crippen LogP contribution in [0.1, 0.15) is 38.2 Å². The summed E-state index contributed by atoms with van der Waals surface area (Å²) < 4.78 is 10.5. The van der Waals surface area contributed by atoms with Crippen molar-refractivity contribution in [3.63, 3.8) is 0 Å². The van der Waals surface area contributed by atoms with Crippen LogP contribution in [0.2, 0.25) is 0 Å². The number of nitrogens with one attached hydrogen (secondary N) is 1. The number of aliphatic hydroxyl groups is 1. The van der Waals surface area contributed by atoms with Gasteiger partial charge in [-0.25, -0.2) is 4.79 Å². The molecule has 23 heavy (non-hydrogen) atoms. The number of aliphatic hydroxyl groups excluding tert-OH is 1. The Bertz CT molecular complexity index is 474. The van der Waals surface area contributed by atoms with Crippen molar-refractivity contribution in [1.29, 1.82) is 0 Å². The Kier molecular flexibility index (Phi) is 7.20. The summed E-state index contributed by atoms with van der Waals surface area (Å²) in [6.07, 6.45) is 4.73. The summed E-state index contributed by atoms with van der Waals surface area (Å²) >= 11 is 0. The first-order valence-electron chi connectivity index (χ1n) is 8.49. The molecule has 0 heterocycles. The van der Waals surface area contributed by atoms with Crippen LogP contribution in [-0.4, -0.2) is 37.1 Å². The van der Waals surface area contributed by atoms with Gasteiger partial charge in [0.2, 0.25) is 0 Å². The molecule has 5 nitrogen and oxygen atoms in total. The maximum absolute atomic E-state index is 11.1. The highest BCUT2D eigenvalue weighted by Crippen LogP contribution is 2.27. The highest BCUT2D eigenvalue weighted by atomic mass is 16.6. The number of hydrogen-bond donors (Lipinski definition) is 2. The summed E-state index contributed by atoms with van der Waals surface area (Å²) in [7, 11) is 0. The third-order valence-electron chi connectivity index (χ3n) is 4.20. The van der Waals surface area contributed by atoms with E-state index in [0.717, 1.165) is 31.4 Å². The molecule has 2 N–H and O–H groups in total. The maximum atomic E-state index is 11.1. The summed E-state index contributed by atoms with van der Waals surface area (Å²) in [6.45, 7) is 2.95. The standard InChI is InChI=1S/C18H27NO4/c1-2-19-18(21)23-12-11-22-16-9-7-14(8-10-16)13-15-5-3-4-6-17(15)20/h7-10,15,17,20H,2-6,11-13H2,1H3,(H,19,21)/t15-,17-/m1/s1. The van der Waals surface area contributed by atoms with Crippen LogP contribution in [0, 0.1) is 5.92 Å². The molecule has 1 saturated carbocycles. The Morgan fingerprint density at radius 1 is 1.22 bits per heavy atom. The lowest BCUT2D eigenvalue weighted by Crippen LogP contribution is -2.26. The zero-order valence-corrected chi connectivity index (χ0v) is 13.8. The van der Waals surface area contributed by atoms with Crippen LogP contribution in [0.3, 0.4) is 0 Å². The van der Waals surface area contributed by atoms with Gasteiger partial charge >= 0.3 is 6.09 Å². The quantitative estimate of drug-likeness (QED) is 0.758. The third kappa shape index (κ3) is 6.10. The Balaban J connectivity index is 1.70. The first kappa shape index (κ1) is 17.6. The SMILES string of the molecule is CCNC(=O)OCCOc1ccc(C[C@H]2CCCC[C@H]2O)cc1. The van der Waals surface area contributed by atoms with E-state index in [9.17, 15) is 9.90 Å². The highest BCUT2D eigenvalue weighted by molar-refractivity contribution is 5.66. The van der Waals surface area contributed by atoms with Crippen molar-refractivity contribution in [2.45, 2.75) is 45.1 Å². The number of alkyl carbamates (subject to hydrolysis) is 1. The number of benzene rings is 1. The molecule has 0 aromatic heterocycles. The van der Waals surface area contributed by atoms with Gasteiger partial charge in [0.05, 0.1) is 6.10 Å². The molecular weight excluding hydrogens is 294 g/mol. The Labute approximate surface area is 138 Å². The number of ether oxygens (including phenoxy) is 2. The van der Waals surface area contributed by atoms with Crippen molar-refractivity contribution in [1.82, 2.24) is 5.32 Å². The van der Waals surface area contributed by atoms with Crippen molar-refractivity contribution in [3.05, 3.63) is 29.8 Å². The van der Waals surface area contributed by atoms with E-state index in [1.807, 2.05) is 31.2 Å². The van der Waals surface area contributed by atoms with E-state index in [2.05, 4.69) is 5.32 Å². The summed E-state index contributed by atoms with van der Waals surface area (Å²) in [5.41, 5.74) is 1.22. The molecule has 2 rings (SSSR count). The molecular formula is C18H27NO4. The monoisotopic (exact) mass is 321 g/mol. The summed E-state index contributed by atoms with van der Waals surface area (Å²) in [6, 6.07) is 7.94. The number of carbonyl (C=O) groups excluding carboxylic acids is 1. The molecule has 0 bridgehead atoms. The molecule has 0 unspecified atom stereocenters. The van der Waals surface area contributed by atoms with Gasteiger partial charge in [-0.2, -0.15) is 0 Å². The predicted molar refractivity (Wildman–Crippen MR) is 88.6 cm³/mol. The fourth-order valence-corrected chi connectivity index (χ4v) is 2.94. The molecule has 1 aromatic rings. The minimum atomic E-state index is -0.419. The number of amides is 1. The highest BCUT2D eigenvalue weighted by Gasteiger charge is 2.22. The topological polar surface area (TPSA) is 67.8 Å². The van der Waals surface area contributed by atoms with E-state index in [1.54, 1.807) is 0 Å². The Morgan fingerprint density at radius 2 is 1.96 bits per heavy atom. The molecule has 5 heteroatoms. The fraction of sp³-hybridized carbons (Fsp3) is 0.611. The van der Waals surface area contributed by atoms with Gasteiger partial charge in [0.15, 0.2) is 0 Å². The van der Waals surface area contributed by atoms with Crippen molar-refractivity contribution < 1.29 is 19.4 Å². The first-order valence-corrected chi connectivity index (χ1v) is 8.49. The van der Waals surface area contributed by atoms with Crippen LogP contribution >= 0.6 is 0 Å². The van der Waals surface area contributed by atoms with E-state index in [4.69, 9.17) is 9.47 Å². The second-order valence-corrected chi connectivity index (χ2v) is 5.97. The molecule has 1 aliphatic rings. The van der Waals surface area contributed by atoms with E-state index >= 15 is 0 Å². The van der Waals surface area contributed by atoms with Gasteiger partial charge in [-0.05, 0) is 49.8 Å². The van der Waals surface area contributed by atoms with Gasteiger partial charge < -0.3 is 19.9 Å². The zero-order chi connectivity index (χ0) is 16.5. The molecule has 0 spiro atoms. The van der Waals surface area contributed by atoms with Crippen LogP contribution in [-0.2, 0) is 11.2 Å². The summed E-state index contributed by atoms with van der Waals surface area (Å²) in [5.74, 6) is 1.14. The molecule has 2 atom stereocenters. The lowest BCUT2D eigenvalue weighted by molar-refractivity contribution is 0.0700. The second-order valence-electron chi connectivity index (χ2n) is 5.97. The van der Waals surface area contributed by atoms with E-state index in [1.165, 1.54) is 12.0 Å². The van der Waals surface area contributed by atoms with Gasteiger partial charge in [-0.1, -0.05) is 25.0 Å². The normalized spacial score (nSPS) is 20.8. The average Bonchev–Trinajstić information content (AvgIpc) is 2.55. The number of rotatable bonds is 7. The molecule has 1 aliphatic carbocycles. The maximum Gasteiger partial charge on any atom is 0.407 e. The minimum Gasteiger partial charge on any atom is -0.490 e. The van der Waals surface area contributed by atoms with Crippen LogP contribution in [0.15, 0.2) is 24.3 Å². The lowest BCUT2D eigenvalue weighted by Gasteiger charge is -2.27. The molecule has 0 radical (unpaired) electrons. The van der Waals surface area contributed by atoms with E-state index in [-0.39, 0.29) is 12.7 Å². The van der Waals surface area contributed by atoms with Gasteiger partial charge in [0.1, 0.15) is 19.0 Å². The predicted octanol–water partition coefficient (Wildman–Crippen LogP) is 2.91. The lowest BCUT2D eigenvalue weighted by atomic mass is 9.82. The van der Waals surface area contributed by atoms with Crippen LogP contribution in [0.25, 0.3) is 0 Å². The summed E-state index contributed by atoms with van der Waals surface area (Å²) in [5, 5.41) is 12.6. The second kappa shape index (κ2) is 9.40. The smallest absolute Gasteiger partial charge is 0.407 e. The molecule has 1 amide bonds. The zero-order valence-electron chi connectivity index (χ0n) is 13.8. The summed E-state index contributed by atoms with van der Waals surface area (Å²) in [4.78, 5) is 11.1. The fourth-order valence-electron chi connectivity index (χ4n) is 2.94. The van der Waals surface area contributed by atoms with Gasteiger partial charge in [-0.3, -0.25) is 0 Å². The van der Waals surface area contributed by atoms with Gasteiger partial charge in [0.25, 0.3) is 0 Å².